The van der Waals surface area contributed by atoms with Gasteiger partial charge in [-0.15, -0.1) is 0 Å². The van der Waals surface area contributed by atoms with Crippen molar-refractivity contribution in [3.8, 4) is 0 Å². The second-order valence-corrected chi connectivity index (χ2v) is 3.89. The molecule has 0 aromatic heterocycles. The second-order valence-electron chi connectivity index (χ2n) is 2.38. The molecule has 0 fully saturated rings. The van der Waals surface area contributed by atoms with Crippen molar-refractivity contribution >= 4 is 20.6 Å². The highest BCUT2D eigenvalue weighted by atomic mass is 28.2. The van der Waals surface area contributed by atoms with E-state index in [1.807, 2.05) is 31.2 Å². The van der Waals surface area contributed by atoms with Crippen LogP contribution >= 0.6 is 0 Å². The molecule has 0 spiro atoms. The van der Waals surface area contributed by atoms with Gasteiger partial charge in [0.1, 0.15) is 0 Å². The van der Waals surface area contributed by atoms with Crippen LogP contribution in [0.4, 0.5) is 5.69 Å². The molecule has 0 saturated heterocycles. The van der Waals surface area contributed by atoms with Crippen molar-refractivity contribution in [2.45, 2.75) is 6.92 Å². The third kappa shape index (κ3) is 2.74. The van der Waals surface area contributed by atoms with E-state index in [1.165, 1.54) is 5.19 Å². The molecule has 3 heteroatoms. The van der Waals surface area contributed by atoms with E-state index in [2.05, 4.69) is 0 Å². The molecular weight excluding hydrogens is 154 g/mol. The topological polar surface area (TPSA) is 35.2 Å². The summed E-state index contributed by atoms with van der Waals surface area (Å²) in [6.07, 6.45) is 0. The van der Waals surface area contributed by atoms with Crippen LogP contribution in [0.25, 0.3) is 0 Å². The van der Waals surface area contributed by atoms with Gasteiger partial charge in [0.2, 0.25) is 0 Å². The quantitative estimate of drug-likeness (QED) is 0.508. The molecule has 0 saturated carbocycles. The third-order valence-electron chi connectivity index (χ3n) is 1.45. The van der Waals surface area contributed by atoms with E-state index >= 15 is 0 Å². The Kier molecular flexibility index (Phi) is 3.13. The van der Waals surface area contributed by atoms with Gasteiger partial charge in [0, 0.05) is 12.3 Å². The predicted octanol–water partition coefficient (Wildman–Crippen LogP) is 0.0144. The standard InChI is InChI=1S/C8H13NOSi/c1-2-10-11-8-5-3-7(9)4-6-8/h3-6H,2,9,11H2,1H3. The van der Waals surface area contributed by atoms with E-state index in [9.17, 15) is 0 Å². The van der Waals surface area contributed by atoms with Gasteiger partial charge in [0.05, 0.1) is 0 Å². The van der Waals surface area contributed by atoms with Gasteiger partial charge >= 0.3 is 0 Å². The molecule has 0 radical (unpaired) electrons. The zero-order chi connectivity index (χ0) is 8.10. The van der Waals surface area contributed by atoms with E-state index in [0.717, 1.165) is 12.3 Å². The van der Waals surface area contributed by atoms with E-state index in [4.69, 9.17) is 10.2 Å². The molecule has 60 valence electrons. The van der Waals surface area contributed by atoms with Gasteiger partial charge in [-0.2, -0.15) is 0 Å². The van der Waals surface area contributed by atoms with Crippen molar-refractivity contribution < 1.29 is 4.43 Å². The fourth-order valence-electron chi connectivity index (χ4n) is 0.834. The molecule has 0 atom stereocenters. The van der Waals surface area contributed by atoms with Crippen molar-refractivity contribution in [3.63, 3.8) is 0 Å². The first kappa shape index (κ1) is 8.29. The Morgan fingerprint density at radius 3 is 2.55 bits per heavy atom. The average molecular weight is 167 g/mol. The lowest BCUT2D eigenvalue weighted by Gasteiger charge is -2.00. The lowest BCUT2D eigenvalue weighted by Crippen LogP contribution is -2.16. The Bertz CT molecular complexity index is 210. The maximum absolute atomic E-state index is 5.53. The largest absolute Gasteiger partial charge is 0.419 e. The summed E-state index contributed by atoms with van der Waals surface area (Å²) in [6, 6.07) is 7.91. The Morgan fingerprint density at radius 2 is 2.00 bits per heavy atom. The van der Waals surface area contributed by atoms with E-state index in [-0.39, 0.29) is 0 Å². The Labute approximate surface area is 69.3 Å². The minimum absolute atomic E-state index is 0.483. The molecule has 1 aromatic carbocycles. The zero-order valence-electron chi connectivity index (χ0n) is 6.71. The Hall–Kier alpha value is -0.803. The summed E-state index contributed by atoms with van der Waals surface area (Å²) in [4.78, 5) is 0. The van der Waals surface area contributed by atoms with E-state index < -0.39 is 9.76 Å². The minimum atomic E-state index is -0.483. The highest BCUT2D eigenvalue weighted by Gasteiger charge is 1.91. The summed E-state index contributed by atoms with van der Waals surface area (Å²) in [5.74, 6) is 0. The van der Waals surface area contributed by atoms with E-state index in [1.54, 1.807) is 0 Å². The zero-order valence-corrected chi connectivity index (χ0v) is 8.12. The van der Waals surface area contributed by atoms with E-state index in [0.29, 0.717) is 0 Å². The first-order chi connectivity index (χ1) is 5.33. The van der Waals surface area contributed by atoms with Crippen LogP contribution in [0.3, 0.4) is 0 Å². The fraction of sp³-hybridized carbons (Fsp3) is 0.250. The molecule has 1 aromatic rings. The van der Waals surface area contributed by atoms with Gasteiger partial charge in [-0.05, 0) is 24.2 Å². The first-order valence-corrected chi connectivity index (χ1v) is 5.03. The molecule has 0 unspecified atom stereocenters. The second kappa shape index (κ2) is 4.15. The van der Waals surface area contributed by atoms with Crippen molar-refractivity contribution in [2.24, 2.45) is 0 Å². The molecule has 2 nitrogen and oxygen atoms in total. The van der Waals surface area contributed by atoms with Crippen LogP contribution in [0, 0.1) is 0 Å². The number of nitrogen functional groups attached to an aromatic ring is 1. The lowest BCUT2D eigenvalue weighted by molar-refractivity contribution is 0.367. The Morgan fingerprint density at radius 1 is 1.36 bits per heavy atom. The van der Waals surface area contributed by atoms with Crippen LogP contribution in [0.5, 0.6) is 0 Å². The maximum Gasteiger partial charge on any atom is 0.192 e. The highest BCUT2D eigenvalue weighted by molar-refractivity contribution is 6.46. The van der Waals surface area contributed by atoms with Crippen LogP contribution in [0.1, 0.15) is 6.92 Å². The summed E-state index contributed by atoms with van der Waals surface area (Å²) in [5, 5.41) is 1.31. The molecule has 2 N–H and O–H groups in total. The summed E-state index contributed by atoms with van der Waals surface area (Å²) >= 11 is 0. The molecule has 0 bridgehead atoms. The molecule has 0 aliphatic heterocycles. The van der Waals surface area contributed by atoms with Gasteiger partial charge in [0.15, 0.2) is 9.76 Å². The molecule has 0 aliphatic carbocycles. The molecule has 1 rings (SSSR count). The number of anilines is 1. The number of hydrogen-bond donors (Lipinski definition) is 1. The molecule has 0 heterocycles. The summed E-state index contributed by atoms with van der Waals surface area (Å²) < 4.78 is 5.36. The number of nitrogens with two attached hydrogens (primary N) is 1. The normalized spacial score (nSPS) is 11.0. The van der Waals surface area contributed by atoms with Crippen molar-refractivity contribution in [2.75, 3.05) is 12.3 Å². The van der Waals surface area contributed by atoms with Crippen LogP contribution in [0.15, 0.2) is 24.3 Å². The third-order valence-corrected chi connectivity index (χ3v) is 2.87. The van der Waals surface area contributed by atoms with Gasteiger partial charge in [-0.1, -0.05) is 12.1 Å². The van der Waals surface area contributed by atoms with Crippen molar-refractivity contribution in [1.29, 1.82) is 0 Å². The summed E-state index contributed by atoms with van der Waals surface area (Å²) in [5.41, 5.74) is 6.35. The molecular formula is C8H13NOSi. The number of hydrogen-bond acceptors (Lipinski definition) is 2. The average Bonchev–Trinajstić information content (AvgIpc) is 2.04. The molecule has 11 heavy (non-hydrogen) atoms. The molecule has 0 amide bonds. The highest BCUT2D eigenvalue weighted by Crippen LogP contribution is 1.95. The predicted molar refractivity (Wildman–Crippen MR) is 50.7 cm³/mol. The van der Waals surface area contributed by atoms with Gasteiger partial charge < -0.3 is 10.2 Å². The summed E-state index contributed by atoms with van der Waals surface area (Å²) in [7, 11) is -0.483. The van der Waals surface area contributed by atoms with Crippen LogP contribution in [0.2, 0.25) is 0 Å². The van der Waals surface area contributed by atoms with Crippen molar-refractivity contribution in [1.82, 2.24) is 0 Å². The Balaban J connectivity index is 2.52. The van der Waals surface area contributed by atoms with Gasteiger partial charge in [-0.3, -0.25) is 0 Å². The lowest BCUT2D eigenvalue weighted by atomic mass is 10.3. The first-order valence-electron chi connectivity index (χ1n) is 3.75. The van der Waals surface area contributed by atoms with Crippen LogP contribution < -0.4 is 10.9 Å². The molecule has 0 aliphatic rings. The smallest absolute Gasteiger partial charge is 0.192 e. The van der Waals surface area contributed by atoms with Gasteiger partial charge in [-0.25, -0.2) is 0 Å². The maximum atomic E-state index is 5.53. The van der Waals surface area contributed by atoms with Crippen molar-refractivity contribution in [3.05, 3.63) is 24.3 Å². The monoisotopic (exact) mass is 167 g/mol. The SMILES string of the molecule is CCO[SiH2]c1ccc(N)cc1. The van der Waals surface area contributed by atoms with Crippen LogP contribution in [-0.2, 0) is 4.43 Å². The fourth-order valence-corrected chi connectivity index (χ4v) is 1.70. The summed E-state index contributed by atoms with van der Waals surface area (Å²) in [6.45, 7) is 2.83. The minimum Gasteiger partial charge on any atom is -0.419 e. The van der Waals surface area contributed by atoms with Gasteiger partial charge in [0.25, 0.3) is 0 Å². The number of benzene rings is 1. The number of rotatable bonds is 3. The van der Waals surface area contributed by atoms with Crippen LogP contribution in [-0.4, -0.2) is 16.4 Å².